The first-order valence-corrected chi connectivity index (χ1v) is 11.3. The van der Waals surface area contributed by atoms with E-state index in [1.165, 1.54) is 4.90 Å². The summed E-state index contributed by atoms with van der Waals surface area (Å²) >= 11 is 0. The molecule has 0 aromatic heterocycles. The maximum Gasteiger partial charge on any atom is 0.254 e. The molecule has 0 spiro atoms. The first-order valence-electron chi connectivity index (χ1n) is 11.3. The van der Waals surface area contributed by atoms with Crippen molar-refractivity contribution in [2.75, 3.05) is 40.4 Å². The van der Waals surface area contributed by atoms with E-state index in [-0.39, 0.29) is 32.1 Å². The molecular formula is C25H31N3O7. The predicted molar refractivity (Wildman–Crippen MR) is 127 cm³/mol. The van der Waals surface area contributed by atoms with Crippen LogP contribution in [0.4, 0.5) is 0 Å². The minimum Gasteiger partial charge on any atom is -0.497 e. The quantitative estimate of drug-likeness (QED) is 0.499. The van der Waals surface area contributed by atoms with E-state index in [2.05, 4.69) is 5.32 Å². The van der Waals surface area contributed by atoms with Crippen LogP contribution in [0.15, 0.2) is 48.5 Å². The summed E-state index contributed by atoms with van der Waals surface area (Å²) in [5.41, 5.74) is 1.27. The molecule has 1 aliphatic rings. The second-order valence-electron chi connectivity index (χ2n) is 8.24. The molecule has 10 heteroatoms. The SMILES string of the molecule is COc1ccc(C(=O)N2CCN(C(=O)[C@H](O)[C@@H](O)C(=O)N[C@H](C)c3ccc(OC)cc3)CC2)cc1. The average molecular weight is 486 g/mol. The van der Waals surface area contributed by atoms with Crippen LogP contribution >= 0.6 is 0 Å². The summed E-state index contributed by atoms with van der Waals surface area (Å²) in [7, 11) is 3.09. The molecule has 35 heavy (non-hydrogen) atoms. The predicted octanol–water partition coefficient (Wildman–Crippen LogP) is 0.587. The van der Waals surface area contributed by atoms with Crippen LogP contribution in [0.3, 0.4) is 0 Å². The van der Waals surface area contributed by atoms with Gasteiger partial charge in [-0.2, -0.15) is 0 Å². The Morgan fingerprint density at radius 2 is 1.29 bits per heavy atom. The number of nitrogens with one attached hydrogen (secondary N) is 1. The van der Waals surface area contributed by atoms with Gasteiger partial charge in [0.25, 0.3) is 17.7 Å². The summed E-state index contributed by atoms with van der Waals surface area (Å²) in [5, 5.41) is 23.2. The number of piperazine rings is 1. The van der Waals surface area contributed by atoms with Crippen LogP contribution in [0.2, 0.25) is 0 Å². The molecule has 3 atom stereocenters. The minimum atomic E-state index is -1.93. The highest BCUT2D eigenvalue weighted by molar-refractivity contribution is 5.95. The fourth-order valence-electron chi connectivity index (χ4n) is 3.79. The van der Waals surface area contributed by atoms with E-state index in [4.69, 9.17) is 9.47 Å². The van der Waals surface area contributed by atoms with Gasteiger partial charge >= 0.3 is 0 Å². The smallest absolute Gasteiger partial charge is 0.254 e. The number of benzene rings is 2. The fourth-order valence-corrected chi connectivity index (χ4v) is 3.79. The van der Waals surface area contributed by atoms with Crippen LogP contribution < -0.4 is 14.8 Å². The molecule has 3 rings (SSSR count). The van der Waals surface area contributed by atoms with Gasteiger partial charge in [-0.1, -0.05) is 12.1 Å². The number of amides is 3. The molecular weight excluding hydrogens is 454 g/mol. The van der Waals surface area contributed by atoms with Gasteiger partial charge in [0.2, 0.25) is 0 Å². The van der Waals surface area contributed by atoms with Gasteiger partial charge in [-0.25, -0.2) is 0 Å². The van der Waals surface area contributed by atoms with Crippen molar-refractivity contribution in [2.45, 2.75) is 25.2 Å². The van der Waals surface area contributed by atoms with Gasteiger partial charge in [0.1, 0.15) is 11.5 Å². The van der Waals surface area contributed by atoms with Crippen molar-refractivity contribution in [2.24, 2.45) is 0 Å². The summed E-state index contributed by atoms with van der Waals surface area (Å²) in [6, 6.07) is 13.3. The lowest BCUT2D eigenvalue weighted by molar-refractivity contribution is -0.154. The van der Waals surface area contributed by atoms with Crippen molar-refractivity contribution < 1.29 is 34.1 Å². The molecule has 188 valence electrons. The first kappa shape index (κ1) is 26.0. The lowest BCUT2D eigenvalue weighted by Gasteiger charge is -2.36. The zero-order chi connectivity index (χ0) is 25.5. The second-order valence-corrected chi connectivity index (χ2v) is 8.24. The van der Waals surface area contributed by atoms with Crippen LogP contribution in [-0.4, -0.2) is 90.3 Å². The Morgan fingerprint density at radius 1 is 0.800 bits per heavy atom. The summed E-state index contributed by atoms with van der Waals surface area (Å²) in [5.74, 6) is -0.484. The molecule has 1 fully saturated rings. The largest absolute Gasteiger partial charge is 0.497 e. The molecule has 1 heterocycles. The highest BCUT2D eigenvalue weighted by Gasteiger charge is 2.35. The zero-order valence-corrected chi connectivity index (χ0v) is 20.0. The number of hydrogen-bond donors (Lipinski definition) is 3. The molecule has 0 radical (unpaired) electrons. The lowest BCUT2D eigenvalue weighted by atomic mass is 10.1. The van der Waals surface area contributed by atoms with Gasteiger partial charge < -0.3 is 34.8 Å². The van der Waals surface area contributed by atoms with E-state index in [9.17, 15) is 24.6 Å². The van der Waals surface area contributed by atoms with Crippen molar-refractivity contribution >= 4 is 17.7 Å². The second kappa shape index (κ2) is 11.7. The normalized spacial score (nSPS) is 16.1. The molecule has 0 saturated carbocycles. The number of nitrogens with zero attached hydrogens (tertiary/aromatic N) is 2. The summed E-state index contributed by atoms with van der Waals surface area (Å²) in [6.45, 7) is 2.60. The highest BCUT2D eigenvalue weighted by atomic mass is 16.5. The number of methoxy groups -OCH3 is 2. The van der Waals surface area contributed by atoms with Crippen LogP contribution in [0.1, 0.15) is 28.9 Å². The topological polar surface area (TPSA) is 129 Å². The summed E-state index contributed by atoms with van der Waals surface area (Å²) < 4.78 is 10.2. The van der Waals surface area contributed by atoms with E-state index in [1.54, 1.807) is 74.6 Å². The Hall–Kier alpha value is -3.63. The van der Waals surface area contributed by atoms with Crippen molar-refractivity contribution in [3.63, 3.8) is 0 Å². The fraction of sp³-hybridized carbons (Fsp3) is 0.400. The number of aliphatic hydroxyl groups is 2. The van der Waals surface area contributed by atoms with E-state index in [0.29, 0.717) is 17.1 Å². The molecule has 0 unspecified atom stereocenters. The number of aliphatic hydroxyl groups excluding tert-OH is 2. The van der Waals surface area contributed by atoms with Crippen LogP contribution in [0.5, 0.6) is 11.5 Å². The highest BCUT2D eigenvalue weighted by Crippen LogP contribution is 2.18. The van der Waals surface area contributed by atoms with Gasteiger partial charge in [-0.05, 0) is 48.9 Å². The van der Waals surface area contributed by atoms with E-state index < -0.39 is 30.1 Å². The number of rotatable bonds is 8. The van der Waals surface area contributed by atoms with Gasteiger partial charge in [-0.3, -0.25) is 14.4 Å². The molecule has 10 nitrogen and oxygen atoms in total. The molecule has 0 bridgehead atoms. The average Bonchev–Trinajstić information content (AvgIpc) is 2.91. The van der Waals surface area contributed by atoms with Crippen molar-refractivity contribution in [3.05, 3.63) is 59.7 Å². The van der Waals surface area contributed by atoms with Crippen LogP contribution in [-0.2, 0) is 9.59 Å². The molecule has 2 aromatic carbocycles. The molecule has 0 aliphatic carbocycles. The molecule has 1 aliphatic heterocycles. The van der Waals surface area contributed by atoms with E-state index in [1.807, 2.05) is 0 Å². The Labute approximate surface area is 204 Å². The number of carbonyl (C=O) groups excluding carboxylic acids is 3. The summed E-state index contributed by atoms with van der Waals surface area (Å²) in [4.78, 5) is 40.8. The Balaban J connectivity index is 1.51. The van der Waals surface area contributed by atoms with Gasteiger partial charge in [0.15, 0.2) is 12.2 Å². The first-order chi connectivity index (χ1) is 16.7. The van der Waals surface area contributed by atoms with Gasteiger partial charge in [0, 0.05) is 31.7 Å². The Morgan fingerprint density at radius 3 is 1.80 bits per heavy atom. The standard InChI is InChI=1S/C25H31N3O7/c1-16(17-4-8-19(34-2)9-5-17)26-23(31)21(29)22(30)25(33)28-14-12-27(13-15-28)24(32)18-6-10-20(35-3)11-7-18/h4-11,16,21-22,29-30H,12-15H2,1-3H3,(H,26,31)/t16-,21-,22-/m1/s1. The Bertz CT molecular complexity index is 1020. The third-order valence-corrected chi connectivity index (χ3v) is 6.01. The number of hydrogen-bond acceptors (Lipinski definition) is 7. The van der Waals surface area contributed by atoms with Crippen molar-refractivity contribution in [1.82, 2.24) is 15.1 Å². The van der Waals surface area contributed by atoms with E-state index in [0.717, 1.165) is 5.56 Å². The third-order valence-electron chi connectivity index (χ3n) is 6.01. The van der Waals surface area contributed by atoms with E-state index >= 15 is 0 Å². The van der Waals surface area contributed by atoms with Crippen molar-refractivity contribution in [3.8, 4) is 11.5 Å². The number of ether oxygens (including phenoxy) is 2. The summed E-state index contributed by atoms with van der Waals surface area (Å²) in [6.07, 6.45) is -3.84. The van der Waals surface area contributed by atoms with Crippen LogP contribution in [0.25, 0.3) is 0 Å². The molecule has 3 amide bonds. The van der Waals surface area contributed by atoms with Crippen molar-refractivity contribution in [1.29, 1.82) is 0 Å². The maximum absolute atomic E-state index is 12.7. The minimum absolute atomic E-state index is 0.174. The molecule has 2 aromatic rings. The van der Waals surface area contributed by atoms with Gasteiger partial charge in [-0.15, -0.1) is 0 Å². The number of carbonyl (C=O) groups is 3. The monoisotopic (exact) mass is 485 g/mol. The lowest BCUT2D eigenvalue weighted by Crippen LogP contribution is -2.56. The molecule has 3 N–H and O–H groups in total. The van der Waals surface area contributed by atoms with Gasteiger partial charge in [0.05, 0.1) is 20.3 Å². The zero-order valence-electron chi connectivity index (χ0n) is 20.0. The molecule has 1 saturated heterocycles. The van der Waals surface area contributed by atoms with Crippen LogP contribution in [0, 0.1) is 0 Å². The maximum atomic E-state index is 12.7. The third kappa shape index (κ3) is 6.28. The Kier molecular flexibility index (Phi) is 8.67.